The predicted octanol–water partition coefficient (Wildman–Crippen LogP) is 2.89. The van der Waals surface area contributed by atoms with Gasteiger partial charge in [-0.2, -0.15) is 5.26 Å². The molecule has 0 bridgehead atoms. The Balaban J connectivity index is 2.09. The van der Waals surface area contributed by atoms with Crippen LogP contribution in [-0.4, -0.2) is 23.3 Å². The number of nitrogens with zero attached hydrogens (tertiary/aromatic N) is 4. The van der Waals surface area contributed by atoms with E-state index in [0.717, 1.165) is 22.4 Å². The summed E-state index contributed by atoms with van der Waals surface area (Å²) in [5.41, 5.74) is 1.10. The molecule has 0 amide bonds. The summed E-state index contributed by atoms with van der Waals surface area (Å²) in [6.45, 7) is 4.24. The Morgan fingerprint density at radius 2 is 2.10 bits per heavy atom. The summed E-state index contributed by atoms with van der Waals surface area (Å²) in [6, 6.07) is 12.3. The van der Waals surface area contributed by atoms with Gasteiger partial charge in [-0.3, -0.25) is 0 Å². The molecular weight excluding hydrogens is 270 g/mol. The van der Waals surface area contributed by atoms with E-state index in [1.165, 1.54) is 0 Å². The minimum Gasteiger partial charge on any atom is -0.364 e. The van der Waals surface area contributed by atoms with Crippen LogP contribution >= 0.6 is 11.3 Å². The van der Waals surface area contributed by atoms with Crippen LogP contribution in [0.15, 0.2) is 30.3 Å². The number of nitriles is 1. The normalized spacial score (nSPS) is 10.0. The summed E-state index contributed by atoms with van der Waals surface area (Å²) in [7, 11) is 0. The van der Waals surface area contributed by atoms with Gasteiger partial charge >= 0.3 is 0 Å². The van der Waals surface area contributed by atoms with Crippen molar-refractivity contribution in [2.45, 2.75) is 19.9 Å². The first kappa shape index (κ1) is 14.3. The van der Waals surface area contributed by atoms with E-state index >= 15 is 0 Å². The summed E-state index contributed by atoms with van der Waals surface area (Å²) in [4.78, 5) is 2.15. The van der Waals surface area contributed by atoms with E-state index in [-0.39, 0.29) is 0 Å². The van der Waals surface area contributed by atoms with Crippen LogP contribution in [0.3, 0.4) is 0 Å². The highest BCUT2D eigenvalue weighted by Gasteiger charge is 2.10. The molecule has 0 saturated carbocycles. The van der Waals surface area contributed by atoms with Crippen molar-refractivity contribution in [1.82, 2.24) is 10.2 Å². The molecule has 0 spiro atoms. The third-order valence-corrected chi connectivity index (χ3v) is 3.60. The van der Waals surface area contributed by atoms with Crippen LogP contribution in [0.1, 0.15) is 18.4 Å². The highest BCUT2D eigenvalue weighted by molar-refractivity contribution is 7.15. The molecule has 0 unspecified atom stereocenters. The second-order valence-electron chi connectivity index (χ2n) is 4.20. The van der Waals surface area contributed by atoms with Gasteiger partial charge in [-0.05, 0) is 19.1 Å². The maximum Gasteiger partial charge on any atom is 0.205 e. The van der Waals surface area contributed by atoms with Gasteiger partial charge in [0.25, 0.3) is 0 Å². The van der Waals surface area contributed by atoms with Gasteiger partial charge in [-0.25, -0.2) is 0 Å². The fourth-order valence-corrected chi connectivity index (χ4v) is 2.65. The molecule has 1 heterocycles. The molecular formula is C14H17N5S. The van der Waals surface area contributed by atoms with Crippen molar-refractivity contribution in [2.24, 2.45) is 0 Å². The van der Waals surface area contributed by atoms with Crippen molar-refractivity contribution in [3.63, 3.8) is 0 Å². The Morgan fingerprint density at radius 1 is 1.30 bits per heavy atom. The smallest absolute Gasteiger partial charge is 0.205 e. The highest BCUT2D eigenvalue weighted by Crippen LogP contribution is 2.21. The van der Waals surface area contributed by atoms with Crippen LogP contribution in [0.4, 0.5) is 10.8 Å². The second kappa shape index (κ2) is 7.46. The minimum absolute atomic E-state index is 0.494. The van der Waals surface area contributed by atoms with Crippen LogP contribution in [0, 0.1) is 11.3 Å². The van der Waals surface area contributed by atoms with Crippen LogP contribution in [-0.2, 0) is 6.54 Å². The monoisotopic (exact) mass is 287 g/mol. The van der Waals surface area contributed by atoms with E-state index in [2.05, 4.69) is 26.5 Å². The lowest BCUT2D eigenvalue weighted by molar-refractivity contribution is 0.783. The van der Waals surface area contributed by atoms with Gasteiger partial charge in [0.1, 0.15) is 5.01 Å². The van der Waals surface area contributed by atoms with Crippen molar-refractivity contribution < 1.29 is 0 Å². The molecule has 0 aliphatic carbocycles. The number of hydrogen-bond acceptors (Lipinski definition) is 6. The Hall–Kier alpha value is -2.13. The van der Waals surface area contributed by atoms with Crippen molar-refractivity contribution >= 4 is 22.2 Å². The summed E-state index contributed by atoms with van der Waals surface area (Å²) >= 11 is 1.56. The van der Waals surface area contributed by atoms with Crippen molar-refractivity contribution in [3.05, 3.63) is 35.3 Å². The van der Waals surface area contributed by atoms with Gasteiger partial charge in [0.2, 0.25) is 5.13 Å². The van der Waals surface area contributed by atoms with E-state index in [9.17, 15) is 0 Å². The Morgan fingerprint density at radius 3 is 2.80 bits per heavy atom. The van der Waals surface area contributed by atoms with Crippen molar-refractivity contribution in [1.29, 1.82) is 5.26 Å². The van der Waals surface area contributed by atoms with Crippen molar-refractivity contribution in [2.75, 3.05) is 23.3 Å². The Labute approximate surface area is 122 Å². The number of nitrogens with one attached hydrogen (secondary N) is 1. The van der Waals surface area contributed by atoms with Crippen LogP contribution < -0.4 is 10.2 Å². The summed E-state index contributed by atoms with van der Waals surface area (Å²) < 4.78 is 0. The quantitative estimate of drug-likeness (QED) is 0.848. The van der Waals surface area contributed by atoms with E-state index < -0.39 is 0 Å². The molecule has 2 rings (SSSR count). The molecule has 20 heavy (non-hydrogen) atoms. The molecule has 0 aliphatic heterocycles. The van der Waals surface area contributed by atoms with Gasteiger partial charge in [-0.1, -0.05) is 29.5 Å². The molecule has 1 N–H and O–H groups in total. The largest absolute Gasteiger partial charge is 0.364 e. The first-order valence-corrected chi connectivity index (χ1v) is 7.38. The van der Waals surface area contributed by atoms with Gasteiger partial charge in [0, 0.05) is 18.8 Å². The fourth-order valence-electron chi connectivity index (χ4n) is 1.83. The Bertz CT molecular complexity index is 560. The zero-order chi connectivity index (χ0) is 14.2. The maximum atomic E-state index is 8.79. The average Bonchev–Trinajstić information content (AvgIpc) is 2.92. The van der Waals surface area contributed by atoms with Crippen LogP contribution in [0.5, 0.6) is 0 Å². The first-order valence-electron chi connectivity index (χ1n) is 6.56. The number of para-hydroxylation sites is 1. The molecule has 1 aromatic heterocycles. The molecule has 2 aromatic rings. The van der Waals surface area contributed by atoms with E-state index in [1.54, 1.807) is 11.3 Å². The molecule has 104 valence electrons. The van der Waals surface area contributed by atoms with Gasteiger partial charge < -0.3 is 10.2 Å². The maximum absolute atomic E-state index is 8.79. The lowest BCUT2D eigenvalue weighted by atomic mass is 10.2. The number of benzene rings is 1. The lowest BCUT2D eigenvalue weighted by Gasteiger charge is -2.22. The highest BCUT2D eigenvalue weighted by atomic mass is 32.1. The Kier molecular flexibility index (Phi) is 5.33. The average molecular weight is 287 g/mol. The molecule has 0 saturated heterocycles. The molecule has 6 heteroatoms. The SMILES string of the molecule is CCNc1nnc(CN(CCC#N)c2ccccc2)s1. The number of hydrogen-bond donors (Lipinski definition) is 1. The molecule has 0 radical (unpaired) electrons. The molecule has 0 aliphatic rings. The van der Waals surface area contributed by atoms with E-state index in [0.29, 0.717) is 19.5 Å². The molecule has 0 atom stereocenters. The summed E-state index contributed by atoms with van der Waals surface area (Å²) in [5, 5.41) is 22.0. The van der Waals surface area contributed by atoms with Crippen LogP contribution in [0.2, 0.25) is 0 Å². The fraction of sp³-hybridized carbons (Fsp3) is 0.357. The van der Waals surface area contributed by atoms with Crippen molar-refractivity contribution in [3.8, 4) is 6.07 Å². The molecule has 5 nitrogen and oxygen atoms in total. The standard InChI is InChI=1S/C14H17N5S/c1-2-16-14-18-17-13(20-14)11-19(10-6-9-15)12-7-4-3-5-8-12/h3-5,7-8H,2,6,10-11H2,1H3,(H,16,18). The summed E-state index contributed by atoms with van der Waals surface area (Å²) in [5.74, 6) is 0. The van der Waals surface area contributed by atoms with E-state index in [4.69, 9.17) is 5.26 Å². The third kappa shape index (κ3) is 3.93. The summed E-state index contributed by atoms with van der Waals surface area (Å²) in [6.07, 6.45) is 0.494. The zero-order valence-electron chi connectivity index (χ0n) is 11.4. The first-order chi connectivity index (χ1) is 9.83. The number of anilines is 2. The number of rotatable bonds is 7. The van der Waals surface area contributed by atoms with E-state index in [1.807, 2.05) is 37.3 Å². The lowest BCUT2D eigenvalue weighted by Crippen LogP contribution is -2.23. The molecule has 1 aromatic carbocycles. The predicted molar refractivity (Wildman–Crippen MR) is 81.8 cm³/mol. The van der Waals surface area contributed by atoms with Gasteiger partial charge in [0.15, 0.2) is 0 Å². The zero-order valence-corrected chi connectivity index (χ0v) is 12.2. The minimum atomic E-state index is 0.494. The van der Waals surface area contributed by atoms with Gasteiger partial charge in [0.05, 0.1) is 19.0 Å². The molecule has 0 fully saturated rings. The van der Waals surface area contributed by atoms with Gasteiger partial charge in [-0.15, -0.1) is 10.2 Å². The third-order valence-electron chi connectivity index (χ3n) is 2.74. The van der Waals surface area contributed by atoms with Crippen LogP contribution in [0.25, 0.3) is 0 Å². The second-order valence-corrected chi connectivity index (χ2v) is 5.26. The number of aromatic nitrogens is 2. The topological polar surface area (TPSA) is 64.8 Å².